The van der Waals surface area contributed by atoms with Gasteiger partial charge in [-0.2, -0.15) is 0 Å². The first kappa shape index (κ1) is 113. The maximum Gasteiger partial charge on any atom is 0.184 e. The molecule has 7 aromatic rings. The number of nitrogens with one attached hydrogen (secondary N) is 2. The van der Waals surface area contributed by atoms with Gasteiger partial charge in [-0.05, 0) is 103 Å². The molecule has 2 aliphatic rings. The first-order valence-corrected chi connectivity index (χ1v) is 59.7. The van der Waals surface area contributed by atoms with Crippen molar-refractivity contribution in [3.8, 4) is 46.1 Å². The lowest BCUT2D eigenvalue weighted by Crippen LogP contribution is -2.06. The molecule has 0 amide bonds. The van der Waals surface area contributed by atoms with Crippen molar-refractivity contribution in [2.45, 2.75) is 620 Å². The van der Waals surface area contributed by atoms with Gasteiger partial charge in [0.2, 0.25) is 0 Å². The Kier molecular flexibility index (Phi) is 60.7. The van der Waals surface area contributed by atoms with Crippen LogP contribution in [0.4, 0.5) is 0 Å². The highest BCUT2D eigenvalue weighted by atomic mass is 15.1. The zero-order chi connectivity index (χ0) is 95.4. The van der Waals surface area contributed by atoms with Gasteiger partial charge in [-0.25, -0.2) is 69.8 Å². The molecule has 2 aliphatic heterocycles. The maximum absolute atomic E-state index is 5.89. The average Bonchev–Trinajstić information content (AvgIpc) is 1.59. The van der Waals surface area contributed by atoms with Gasteiger partial charge in [0.05, 0.1) is 45.6 Å². The highest BCUT2D eigenvalue weighted by molar-refractivity contribution is 6.01. The number of aryl methyl sites for hydroxylation is 8. The fourth-order valence-electron chi connectivity index (χ4n) is 21.1. The van der Waals surface area contributed by atoms with Gasteiger partial charge < -0.3 is 9.97 Å². The average molecular weight is 1870 g/mol. The summed E-state index contributed by atoms with van der Waals surface area (Å²) in [5, 5.41) is 0. The van der Waals surface area contributed by atoms with Gasteiger partial charge in [0.1, 0.15) is 44.8 Å². The molecule has 16 nitrogen and oxygen atoms in total. The van der Waals surface area contributed by atoms with E-state index in [-0.39, 0.29) is 0 Å². The van der Waals surface area contributed by atoms with E-state index in [1.165, 1.54) is 462 Å². The molecule has 0 spiro atoms. The molecular weight excluding hydrogens is 1670 g/mol. The van der Waals surface area contributed by atoms with E-state index < -0.39 is 0 Å². The SMILES string of the molecule is CCCCCCCCCCCCc1nc2c(nc1CCCCCCCCCCCC)-c1nc-2nc2[nH]c(nc3nc(nc4[nH]c(n1)c1nc(CCCCCCCCCCCC)c(CCCCCCCCCCCC)nc41)-c1nc(CCCCCCCCCCCC)c(CCCCCCCCCCCC)nc1-3)c1nc(CCCCCCCCCCCC)c(CCCCCCCCCCCC)nc21. The highest BCUT2D eigenvalue weighted by Gasteiger charge is 2.31. The predicted molar refractivity (Wildman–Crippen MR) is 583 cm³/mol. The van der Waals surface area contributed by atoms with E-state index >= 15 is 0 Å². The number of aromatic nitrogens is 16. The van der Waals surface area contributed by atoms with Crippen LogP contribution in [0, 0.1) is 0 Å². The number of hydrogen-bond acceptors (Lipinski definition) is 14. The van der Waals surface area contributed by atoms with E-state index in [1.54, 1.807) is 0 Å². The number of unbranched alkanes of at least 4 members (excludes halogenated alkanes) is 72. The molecular formula is C120H202N16. The molecule has 0 aromatic carbocycles. The van der Waals surface area contributed by atoms with Gasteiger partial charge in [0, 0.05) is 0 Å². The quantitative estimate of drug-likeness (QED) is 0.0340. The number of nitrogens with zero attached hydrogens (tertiary/aromatic N) is 14. The van der Waals surface area contributed by atoms with Gasteiger partial charge in [0.15, 0.2) is 45.9 Å². The Balaban J connectivity index is 1.26. The molecule has 7 aromatic heterocycles. The van der Waals surface area contributed by atoms with Crippen LogP contribution < -0.4 is 0 Å². The van der Waals surface area contributed by atoms with Crippen molar-refractivity contribution in [2.24, 2.45) is 0 Å². The smallest absolute Gasteiger partial charge is 0.184 e. The van der Waals surface area contributed by atoms with Gasteiger partial charge in [-0.15, -0.1) is 0 Å². The number of fused-ring (bicyclic) bond motifs is 20. The summed E-state index contributed by atoms with van der Waals surface area (Å²) in [4.78, 5) is 89.4. The summed E-state index contributed by atoms with van der Waals surface area (Å²) in [5.74, 6) is 1.87. The van der Waals surface area contributed by atoms with Crippen LogP contribution in [0.25, 0.3) is 90.7 Å². The predicted octanol–water partition coefficient (Wildman–Crippen LogP) is 37.7. The van der Waals surface area contributed by atoms with E-state index in [4.69, 9.17) is 69.8 Å². The topological polar surface area (TPSA) is 212 Å². The molecule has 0 saturated carbocycles. The van der Waals surface area contributed by atoms with Crippen LogP contribution in [0.15, 0.2) is 0 Å². The van der Waals surface area contributed by atoms with Gasteiger partial charge in [0.25, 0.3) is 0 Å². The summed E-state index contributed by atoms with van der Waals surface area (Å²) in [7, 11) is 0. The third-order valence-corrected chi connectivity index (χ3v) is 29.9. The lowest BCUT2D eigenvalue weighted by molar-refractivity contribution is 0.551. The Hall–Kier alpha value is -6.32. The Morgan fingerprint density at radius 3 is 0.353 bits per heavy atom. The van der Waals surface area contributed by atoms with E-state index in [1.807, 2.05) is 0 Å². The lowest BCUT2D eigenvalue weighted by Gasteiger charge is -2.11. The first-order chi connectivity index (χ1) is 67.3. The summed E-state index contributed by atoms with van der Waals surface area (Å²) in [6.45, 7) is 18.6. The molecule has 136 heavy (non-hydrogen) atoms. The molecule has 9 rings (SSSR count). The minimum absolute atomic E-state index is 0.467. The van der Waals surface area contributed by atoms with Gasteiger partial charge in [-0.3, -0.25) is 0 Å². The highest BCUT2D eigenvalue weighted by Crippen LogP contribution is 2.38. The number of rotatable bonds is 88. The van der Waals surface area contributed by atoms with E-state index in [9.17, 15) is 0 Å². The molecule has 16 heteroatoms. The van der Waals surface area contributed by atoms with Crippen molar-refractivity contribution in [2.75, 3.05) is 0 Å². The Bertz CT molecular complexity index is 3900. The van der Waals surface area contributed by atoms with Crippen molar-refractivity contribution in [1.82, 2.24) is 79.7 Å². The summed E-state index contributed by atoms with van der Waals surface area (Å²) in [6.07, 6.45) is 109. The van der Waals surface area contributed by atoms with E-state index in [2.05, 4.69) is 65.4 Å². The molecule has 0 atom stereocenters. The largest absolute Gasteiger partial charge is 0.321 e. The van der Waals surface area contributed by atoms with Crippen molar-refractivity contribution in [1.29, 1.82) is 0 Å². The minimum Gasteiger partial charge on any atom is -0.321 e. The van der Waals surface area contributed by atoms with Crippen LogP contribution in [-0.4, -0.2) is 79.7 Å². The van der Waals surface area contributed by atoms with Crippen LogP contribution >= 0.6 is 0 Å². The number of hydrogen-bond donors (Lipinski definition) is 2. The van der Waals surface area contributed by atoms with Crippen LogP contribution in [0.5, 0.6) is 0 Å². The van der Waals surface area contributed by atoms with Crippen molar-refractivity contribution in [3.05, 3.63) is 45.6 Å². The standard InChI is InChI=1S/C120H202N16/c1-9-17-25-33-41-49-57-65-73-81-89-97-98(90-82-74-66-58-50-42-34-26-18-10-2)122-106-105(121-97)113-129-114(106)134-116-109-110(126-102(94-86-78-70-62-54-46-38-30-22-14-6)101(125-109)93-85-77-69-61-53-45-37-29-21-13-5)118(131-116)136-120-112-111(127-103(95-87-79-71-63-55-47-39-31-23-15-7)104(128-112)96-88-80-72-64-56-48-40-32-24-16-8)119(132-120)135-117-108-107(115(130-117)133-113)123-99(91-83-75-67-59-51-43-35-27-19-11-3)100(124-108)92-84-76-68-60-52-44-36-28-20-12-4/h9-96H2,1-8H3,(H2,129,130,131,132,133,134,135,136). The van der Waals surface area contributed by atoms with E-state index in [0.717, 1.165) is 148 Å². The molecule has 8 bridgehead atoms. The summed E-state index contributed by atoms with van der Waals surface area (Å²) >= 11 is 0. The maximum atomic E-state index is 5.89. The van der Waals surface area contributed by atoms with Crippen molar-refractivity contribution in [3.63, 3.8) is 0 Å². The second-order valence-electron chi connectivity index (χ2n) is 42.3. The Morgan fingerprint density at radius 1 is 0.118 bits per heavy atom. The number of aromatic amines is 2. The van der Waals surface area contributed by atoms with Crippen molar-refractivity contribution >= 4 is 44.7 Å². The molecule has 0 aliphatic carbocycles. The summed E-state index contributed by atoms with van der Waals surface area (Å²) in [5.41, 5.74) is 16.2. The van der Waals surface area contributed by atoms with Gasteiger partial charge in [-0.1, -0.05) is 518 Å². The fourth-order valence-corrected chi connectivity index (χ4v) is 21.1. The molecule has 2 N–H and O–H groups in total. The molecule has 0 fully saturated rings. The van der Waals surface area contributed by atoms with Crippen LogP contribution in [-0.2, 0) is 51.4 Å². The molecule has 0 radical (unpaired) electrons. The first-order valence-electron chi connectivity index (χ1n) is 59.7. The second kappa shape index (κ2) is 72.9. The van der Waals surface area contributed by atoms with Gasteiger partial charge >= 0.3 is 0 Å². The normalized spacial score (nSPS) is 12.1. The minimum atomic E-state index is 0.467. The molecule has 0 unspecified atom stereocenters. The summed E-state index contributed by atoms with van der Waals surface area (Å²) in [6, 6.07) is 0. The third-order valence-electron chi connectivity index (χ3n) is 29.9. The summed E-state index contributed by atoms with van der Waals surface area (Å²) < 4.78 is 0. The fraction of sp³-hybridized carbons (Fsp3) is 0.800. The molecule has 0 saturated heterocycles. The Morgan fingerprint density at radius 2 is 0.228 bits per heavy atom. The van der Waals surface area contributed by atoms with E-state index in [0.29, 0.717) is 90.7 Å². The monoisotopic (exact) mass is 1870 g/mol. The lowest BCUT2D eigenvalue weighted by atomic mass is 10.0. The molecule has 762 valence electrons. The number of H-pyrrole nitrogens is 2. The van der Waals surface area contributed by atoms with Crippen LogP contribution in [0.1, 0.15) is 615 Å². The Labute approximate surface area is 831 Å². The molecule has 9 heterocycles. The van der Waals surface area contributed by atoms with Crippen LogP contribution in [0.3, 0.4) is 0 Å². The third kappa shape index (κ3) is 43.2. The van der Waals surface area contributed by atoms with Crippen LogP contribution in [0.2, 0.25) is 0 Å². The zero-order valence-electron chi connectivity index (χ0n) is 89.5. The second-order valence-corrected chi connectivity index (χ2v) is 42.3. The zero-order valence-corrected chi connectivity index (χ0v) is 89.5. The van der Waals surface area contributed by atoms with Crippen molar-refractivity contribution < 1.29 is 0 Å².